The molecule has 2 nitrogen and oxygen atoms in total. The topological polar surface area (TPSA) is 21.3 Å². The monoisotopic (exact) mass is 291 g/mol. The lowest BCUT2D eigenvalue weighted by Gasteiger charge is -2.19. The van der Waals surface area contributed by atoms with Gasteiger partial charge in [-0.05, 0) is 56.7 Å². The molecule has 0 amide bonds. The smallest absolute Gasteiger partial charge is 0.142 e. The van der Waals surface area contributed by atoms with E-state index in [9.17, 15) is 8.78 Å². The van der Waals surface area contributed by atoms with Gasteiger partial charge in [-0.25, -0.2) is 8.78 Å². The van der Waals surface area contributed by atoms with Crippen molar-refractivity contribution in [1.82, 2.24) is 0 Å². The molecule has 0 aromatic heterocycles. The van der Waals surface area contributed by atoms with E-state index in [0.29, 0.717) is 12.4 Å². The average Bonchev–Trinajstić information content (AvgIpc) is 2.44. The Morgan fingerprint density at radius 3 is 2.62 bits per heavy atom. The number of hydrogen-bond donors (Lipinski definition) is 1. The molecule has 0 aliphatic rings. The van der Waals surface area contributed by atoms with Gasteiger partial charge in [0, 0.05) is 5.56 Å². The molecule has 0 radical (unpaired) electrons. The summed E-state index contributed by atoms with van der Waals surface area (Å²) in [5.41, 5.74) is 2.13. The van der Waals surface area contributed by atoms with Crippen molar-refractivity contribution in [2.75, 3.05) is 11.9 Å². The van der Waals surface area contributed by atoms with Gasteiger partial charge in [0.25, 0.3) is 0 Å². The molecular formula is C17H19F2NO. The summed E-state index contributed by atoms with van der Waals surface area (Å²) in [7, 11) is 0. The maximum absolute atomic E-state index is 13.8. The van der Waals surface area contributed by atoms with Gasteiger partial charge in [-0.1, -0.05) is 6.07 Å². The SMILES string of the molecule is CCOc1cc(C)ccc1NC(C)c1cc(F)ccc1F. The zero-order valence-corrected chi connectivity index (χ0v) is 12.4. The van der Waals surface area contributed by atoms with Crippen LogP contribution in [0.2, 0.25) is 0 Å². The molecule has 2 rings (SSSR count). The zero-order valence-electron chi connectivity index (χ0n) is 12.4. The molecule has 1 N–H and O–H groups in total. The summed E-state index contributed by atoms with van der Waals surface area (Å²) in [6.07, 6.45) is 0. The summed E-state index contributed by atoms with van der Waals surface area (Å²) in [6.45, 7) is 6.21. The van der Waals surface area contributed by atoms with E-state index < -0.39 is 11.6 Å². The number of rotatable bonds is 5. The molecule has 2 aromatic rings. The van der Waals surface area contributed by atoms with Crippen LogP contribution in [0.5, 0.6) is 5.75 Å². The van der Waals surface area contributed by atoms with Crippen LogP contribution in [0.1, 0.15) is 31.0 Å². The van der Waals surface area contributed by atoms with Crippen molar-refractivity contribution in [3.8, 4) is 5.75 Å². The van der Waals surface area contributed by atoms with E-state index in [4.69, 9.17) is 4.74 Å². The lowest BCUT2D eigenvalue weighted by molar-refractivity contribution is 0.341. The van der Waals surface area contributed by atoms with Gasteiger partial charge < -0.3 is 10.1 Å². The maximum Gasteiger partial charge on any atom is 0.142 e. The Kier molecular flexibility index (Phi) is 4.78. The number of aryl methyl sites for hydroxylation is 1. The minimum atomic E-state index is -0.450. The van der Waals surface area contributed by atoms with Crippen LogP contribution in [0.25, 0.3) is 0 Å². The molecule has 21 heavy (non-hydrogen) atoms. The Morgan fingerprint density at radius 1 is 1.14 bits per heavy atom. The van der Waals surface area contributed by atoms with Crippen LogP contribution in [0, 0.1) is 18.6 Å². The fourth-order valence-corrected chi connectivity index (χ4v) is 2.18. The van der Waals surface area contributed by atoms with Gasteiger partial charge in [0.15, 0.2) is 0 Å². The Labute approximate surface area is 123 Å². The molecule has 0 saturated heterocycles. The molecule has 1 unspecified atom stereocenters. The van der Waals surface area contributed by atoms with Gasteiger partial charge in [0.05, 0.1) is 18.3 Å². The Morgan fingerprint density at radius 2 is 1.90 bits per heavy atom. The first-order chi connectivity index (χ1) is 10.0. The van der Waals surface area contributed by atoms with Gasteiger partial charge in [-0.2, -0.15) is 0 Å². The molecule has 112 valence electrons. The first kappa shape index (κ1) is 15.3. The molecule has 0 spiro atoms. The molecule has 2 aromatic carbocycles. The number of benzene rings is 2. The van der Waals surface area contributed by atoms with Crippen molar-refractivity contribution in [2.45, 2.75) is 26.8 Å². The fraction of sp³-hybridized carbons (Fsp3) is 0.294. The second-order valence-corrected chi connectivity index (χ2v) is 4.96. The summed E-state index contributed by atoms with van der Waals surface area (Å²) in [4.78, 5) is 0. The molecule has 0 aliphatic carbocycles. The van der Waals surface area contributed by atoms with E-state index >= 15 is 0 Å². The summed E-state index contributed by atoms with van der Waals surface area (Å²) in [6, 6.07) is 8.84. The van der Waals surface area contributed by atoms with Crippen LogP contribution >= 0.6 is 0 Å². The van der Waals surface area contributed by atoms with Gasteiger partial charge in [-0.15, -0.1) is 0 Å². The normalized spacial score (nSPS) is 12.0. The molecular weight excluding hydrogens is 272 g/mol. The van der Waals surface area contributed by atoms with Crippen LogP contribution in [-0.4, -0.2) is 6.61 Å². The molecule has 0 fully saturated rings. The van der Waals surface area contributed by atoms with Gasteiger partial charge in [0.1, 0.15) is 17.4 Å². The van der Waals surface area contributed by atoms with Crippen LogP contribution in [0.4, 0.5) is 14.5 Å². The van der Waals surface area contributed by atoms with Gasteiger partial charge >= 0.3 is 0 Å². The lowest BCUT2D eigenvalue weighted by atomic mass is 10.1. The number of nitrogens with one attached hydrogen (secondary N) is 1. The largest absolute Gasteiger partial charge is 0.492 e. The van der Waals surface area contributed by atoms with E-state index in [1.165, 1.54) is 6.07 Å². The van der Waals surface area contributed by atoms with Crippen molar-refractivity contribution in [3.63, 3.8) is 0 Å². The summed E-state index contributed by atoms with van der Waals surface area (Å²) >= 11 is 0. The Hall–Kier alpha value is -2.10. The predicted octanol–water partition coefficient (Wildman–Crippen LogP) is 4.85. The van der Waals surface area contributed by atoms with Crippen molar-refractivity contribution < 1.29 is 13.5 Å². The highest BCUT2D eigenvalue weighted by atomic mass is 19.1. The van der Waals surface area contributed by atoms with Crippen molar-refractivity contribution >= 4 is 5.69 Å². The average molecular weight is 291 g/mol. The minimum absolute atomic E-state index is 0.290. The summed E-state index contributed by atoms with van der Waals surface area (Å²) in [5, 5.41) is 3.18. The van der Waals surface area contributed by atoms with Crippen molar-refractivity contribution in [3.05, 3.63) is 59.2 Å². The quantitative estimate of drug-likeness (QED) is 0.850. The maximum atomic E-state index is 13.8. The van der Waals surface area contributed by atoms with E-state index in [2.05, 4.69) is 5.32 Å². The molecule has 0 heterocycles. The van der Waals surface area contributed by atoms with E-state index in [1.54, 1.807) is 6.92 Å². The molecule has 0 bridgehead atoms. The highest BCUT2D eigenvalue weighted by Gasteiger charge is 2.14. The van der Waals surface area contributed by atoms with Gasteiger partial charge in [0.2, 0.25) is 0 Å². The molecule has 0 aliphatic heterocycles. The highest BCUT2D eigenvalue weighted by molar-refractivity contribution is 5.58. The second kappa shape index (κ2) is 6.57. The summed E-state index contributed by atoms with van der Waals surface area (Å²) < 4.78 is 32.7. The van der Waals surface area contributed by atoms with Crippen LogP contribution in [-0.2, 0) is 0 Å². The number of ether oxygens (including phenoxy) is 1. The third-order valence-electron chi connectivity index (χ3n) is 3.23. The summed E-state index contributed by atoms with van der Waals surface area (Å²) in [5.74, 6) is -0.170. The molecule has 4 heteroatoms. The fourth-order valence-electron chi connectivity index (χ4n) is 2.18. The van der Waals surface area contributed by atoms with Crippen LogP contribution in [0.15, 0.2) is 36.4 Å². The van der Waals surface area contributed by atoms with Crippen molar-refractivity contribution in [2.24, 2.45) is 0 Å². The van der Waals surface area contributed by atoms with Crippen LogP contribution < -0.4 is 10.1 Å². The van der Waals surface area contributed by atoms with Crippen LogP contribution in [0.3, 0.4) is 0 Å². The minimum Gasteiger partial charge on any atom is -0.492 e. The zero-order chi connectivity index (χ0) is 15.4. The van der Waals surface area contributed by atoms with Gasteiger partial charge in [-0.3, -0.25) is 0 Å². The van der Waals surface area contributed by atoms with Crippen molar-refractivity contribution in [1.29, 1.82) is 0 Å². The van der Waals surface area contributed by atoms with E-state index in [1.807, 2.05) is 32.0 Å². The highest BCUT2D eigenvalue weighted by Crippen LogP contribution is 2.30. The first-order valence-corrected chi connectivity index (χ1v) is 6.96. The molecule has 0 saturated carbocycles. The Bertz CT molecular complexity index is 628. The third-order valence-corrected chi connectivity index (χ3v) is 3.23. The predicted molar refractivity (Wildman–Crippen MR) is 80.7 cm³/mol. The Balaban J connectivity index is 2.26. The van der Waals surface area contributed by atoms with E-state index in [-0.39, 0.29) is 11.6 Å². The molecule has 1 atom stereocenters. The third kappa shape index (κ3) is 3.72. The number of halogens is 2. The standard InChI is InChI=1S/C17H19F2NO/c1-4-21-17-9-11(2)5-8-16(17)20-12(3)14-10-13(18)6-7-15(14)19/h5-10,12,20H,4H2,1-3H3. The first-order valence-electron chi connectivity index (χ1n) is 6.96. The lowest BCUT2D eigenvalue weighted by Crippen LogP contribution is -2.10. The second-order valence-electron chi connectivity index (χ2n) is 4.96. The van der Waals surface area contributed by atoms with E-state index in [0.717, 1.165) is 23.4 Å². The number of anilines is 1. The number of hydrogen-bond acceptors (Lipinski definition) is 2.